The number of nitrogens with one attached hydrogen (secondary N) is 1. The van der Waals surface area contributed by atoms with Crippen LogP contribution in [-0.4, -0.2) is 17.5 Å². The third-order valence-corrected chi connectivity index (χ3v) is 4.37. The Kier molecular flexibility index (Phi) is 4.16. The van der Waals surface area contributed by atoms with Crippen LogP contribution in [0, 0.1) is 6.92 Å². The Hall–Kier alpha value is -0.630. The van der Waals surface area contributed by atoms with E-state index in [1.807, 2.05) is 0 Å². The molecule has 1 aliphatic heterocycles. The monoisotopic (exact) mass is 235 g/mol. The Bertz CT molecular complexity index is 343. The van der Waals surface area contributed by atoms with Gasteiger partial charge in [0.1, 0.15) is 0 Å². The zero-order chi connectivity index (χ0) is 11.4. The lowest BCUT2D eigenvalue weighted by atomic mass is 10.0. The van der Waals surface area contributed by atoms with Crippen LogP contribution < -0.4 is 5.32 Å². The lowest BCUT2D eigenvalue weighted by Crippen LogP contribution is -2.24. The summed E-state index contributed by atoms with van der Waals surface area (Å²) in [6.07, 6.45) is 3.74. The van der Waals surface area contributed by atoms with Crippen LogP contribution in [0.4, 0.5) is 5.69 Å². The summed E-state index contributed by atoms with van der Waals surface area (Å²) in [4.78, 5) is 0. The molecule has 0 atom stereocenters. The highest BCUT2D eigenvalue weighted by molar-refractivity contribution is 7.99. The molecule has 0 bridgehead atoms. The molecule has 0 amide bonds. The van der Waals surface area contributed by atoms with Crippen LogP contribution in [0.5, 0.6) is 0 Å². The minimum Gasteiger partial charge on any atom is -0.382 e. The first-order chi connectivity index (χ1) is 7.79. The van der Waals surface area contributed by atoms with Crippen molar-refractivity contribution in [3.05, 3.63) is 29.3 Å². The van der Waals surface area contributed by atoms with Crippen LogP contribution in [0.25, 0.3) is 0 Å². The molecular formula is C14H21NS. The maximum absolute atomic E-state index is 3.67. The van der Waals surface area contributed by atoms with Crippen LogP contribution in [0.15, 0.2) is 18.2 Å². The summed E-state index contributed by atoms with van der Waals surface area (Å²) in [5.74, 6) is 2.62. The van der Waals surface area contributed by atoms with Crippen molar-refractivity contribution in [3.8, 4) is 0 Å². The fourth-order valence-electron chi connectivity index (χ4n) is 2.22. The van der Waals surface area contributed by atoms with E-state index in [0.717, 1.165) is 6.42 Å². The van der Waals surface area contributed by atoms with E-state index in [0.29, 0.717) is 6.04 Å². The Morgan fingerprint density at radius 1 is 1.31 bits per heavy atom. The van der Waals surface area contributed by atoms with E-state index in [2.05, 4.69) is 49.1 Å². The fourth-order valence-corrected chi connectivity index (χ4v) is 3.33. The number of aryl methyl sites for hydroxylation is 2. The Balaban J connectivity index is 2.03. The predicted molar refractivity (Wildman–Crippen MR) is 74.5 cm³/mol. The van der Waals surface area contributed by atoms with Gasteiger partial charge in [-0.2, -0.15) is 11.8 Å². The van der Waals surface area contributed by atoms with Gasteiger partial charge in [0.2, 0.25) is 0 Å². The number of anilines is 1. The molecule has 1 N–H and O–H groups in total. The SMILES string of the molecule is CCc1cc(NC2CCSCC2)ccc1C. The van der Waals surface area contributed by atoms with Crippen molar-refractivity contribution in [2.45, 2.75) is 39.2 Å². The van der Waals surface area contributed by atoms with Gasteiger partial charge in [0.15, 0.2) is 0 Å². The molecule has 2 heteroatoms. The largest absolute Gasteiger partial charge is 0.382 e. The van der Waals surface area contributed by atoms with Gasteiger partial charge in [0, 0.05) is 11.7 Å². The minimum atomic E-state index is 0.689. The predicted octanol–water partition coefficient (Wildman–Crippen LogP) is 3.86. The normalized spacial score (nSPS) is 17.4. The maximum Gasteiger partial charge on any atom is 0.0345 e. The standard InChI is InChI=1S/C14H21NS/c1-3-12-10-14(5-4-11(12)2)15-13-6-8-16-9-7-13/h4-5,10,13,15H,3,6-9H2,1-2H3. The molecule has 1 aromatic rings. The number of hydrogen-bond donors (Lipinski definition) is 1. The lowest BCUT2D eigenvalue weighted by molar-refractivity contribution is 0.667. The molecule has 1 aromatic carbocycles. The van der Waals surface area contributed by atoms with Crippen molar-refractivity contribution >= 4 is 17.4 Å². The Labute approximate surface area is 103 Å². The van der Waals surface area contributed by atoms with E-state index in [9.17, 15) is 0 Å². The second-order valence-electron chi connectivity index (χ2n) is 4.53. The highest BCUT2D eigenvalue weighted by Crippen LogP contribution is 2.22. The van der Waals surface area contributed by atoms with Crippen LogP contribution in [0.3, 0.4) is 0 Å². The molecule has 0 aromatic heterocycles. The summed E-state index contributed by atoms with van der Waals surface area (Å²) in [6, 6.07) is 7.46. The van der Waals surface area contributed by atoms with Crippen LogP contribution in [0.1, 0.15) is 30.9 Å². The molecule has 0 aliphatic carbocycles. The third-order valence-electron chi connectivity index (χ3n) is 3.32. The van der Waals surface area contributed by atoms with Gasteiger partial charge in [-0.1, -0.05) is 13.0 Å². The smallest absolute Gasteiger partial charge is 0.0345 e. The first-order valence-corrected chi connectivity index (χ1v) is 7.39. The van der Waals surface area contributed by atoms with Crippen molar-refractivity contribution in [1.29, 1.82) is 0 Å². The lowest BCUT2D eigenvalue weighted by Gasteiger charge is -2.24. The number of benzene rings is 1. The van der Waals surface area contributed by atoms with Gasteiger partial charge in [-0.25, -0.2) is 0 Å². The van der Waals surface area contributed by atoms with E-state index < -0.39 is 0 Å². The van der Waals surface area contributed by atoms with Gasteiger partial charge in [-0.3, -0.25) is 0 Å². The molecule has 1 saturated heterocycles. The Morgan fingerprint density at radius 2 is 2.06 bits per heavy atom. The molecule has 2 rings (SSSR count). The maximum atomic E-state index is 3.67. The fraction of sp³-hybridized carbons (Fsp3) is 0.571. The van der Waals surface area contributed by atoms with Gasteiger partial charge in [-0.05, 0) is 61.0 Å². The molecule has 1 nitrogen and oxygen atoms in total. The summed E-state index contributed by atoms with van der Waals surface area (Å²) >= 11 is 2.08. The van der Waals surface area contributed by atoms with Crippen molar-refractivity contribution in [1.82, 2.24) is 0 Å². The van der Waals surface area contributed by atoms with Crippen LogP contribution in [0.2, 0.25) is 0 Å². The molecule has 16 heavy (non-hydrogen) atoms. The summed E-state index contributed by atoms with van der Waals surface area (Å²) in [7, 11) is 0. The van der Waals surface area contributed by atoms with Gasteiger partial charge in [0.05, 0.1) is 0 Å². The first-order valence-electron chi connectivity index (χ1n) is 6.23. The highest BCUT2D eigenvalue weighted by atomic mass is 32.2. The van der Waals surface area contributed by atoms with Crippen LogP contribution >= 0.6 is 11.8 Å². The molecule has 1 aliphatic rings. The van der Waals surface area contributed by atoms with Gasteiger partial charge in [0.25, 0.3) is 0 Å². The van der Waals surface area contributed by atoms with Crippen molar-refractivity contribution < 1.29 is 0 Å². The zero-order valence-electron chi connectivity index (χ0n) is 10.3. The van der Waals surface area contributed by atoms with Crippen molar-refractivity contribution in [2.24, 2.45) is 0 Å². The average Bonchev–Trinajstić information content (AvgIpc) is 2.33. The van der Waals surface area contributed by atoms with Gasteiger partial charge in [-0.15, -0.1) is 0 Å². The molecule has 0 spiro atoms. The molecule has 0 unspecified atom stereocenters. The topological polar surface area (TPSA) is 12.0 Å². The van der Waals surface area contributed by atoms with Gasteiger partial charge >= 0.3 is 0 Å². The highest BCUT2D eigenvalue weighted by Gasteiger charge is 2.13. The second kappa shape index (κ2) is 5.62. The van der Waals surface area contributed by atoms with Crippen molar-refractivity contribution in [3.63, 3.8) is 0 Å². The number of hydrogen-bond acceptors (Lipinski definition) is 2. The molecule has 88 valence electrons. The summed E-state index contributed by atoms with van der Waals surface area (Å²) in [5.41, 5.74) is 4.18. The third kappa shape index (κ3) is 2.94. The second-order valence-corrected chi connectivity index (χ2v) is 5.75. The minimum absolute atomic E-state index is 0.689. The quantitative estimate of drug-likeness (QED) is 0.853. The van der Waals surface area contributed by atoms with E-state index in [1.165, 1.54) is 41.2 Å². The van der Waals surface area contributed by atoms with Gasteiger partial charge < -0.3 is 5.32 Å². The molecule has 1 fully saturated rings. The van der Waals surface area contributed by atoms with E-state index in [1.54, 1.807) is 0 Å². The summed E-state index contributed by atoms with van der Waals surface area (Å²) in [6.45, 7) is 4.42. The number of thioether (sulfide) groups is 1. The average molecular weight is 235 g/mol. The van der Waals surface area contributed by atoms with E-state index in [4.69, 9.17) is 0 Å². The molecule has 1 heterocycles. The molecule has 0 radical (unpaired) electrons. The summed E-state index contributed by atoms with van der Waals surface area (Å²) in [5, 5.41) is 3.67. The zero-order valence-corrected chi connectivity index (χ0v) is 11.1. The first kappa shape index (κ1) is 11.8. The summed E-state index contributed by atoms with van der Waals surface area (Å²) < 4.78 is 0. The van der Waals surface area contributed by atoms with Crippen LogP contribution in [-0.2, 0) is 6.42 Å². The number of rotatable bonds is 3. The molecule has 0 saturated carbocycles. The van der Waals surface area contributed by atoms with E-state index in [-0.39, 0.29) is 0 Å². The Morgan fingerprint density at radius 3 is 2.75 bits per heavy atom. The van der Waals surface area contributed by atoms with E-state index >= 15 is 0 Å². The molecular weight excluding hydrogens is 214 g/mol. The van der Waals surface area contributed by atoms with Crippen molar-refractivity contribution in [2.75, 3.05) is 16.8 Å².